The molecule has 6 rings (SSSR count). The van der Waals surface area contributed by atoms with Crippen molar-refractivity contribution >= 4 is 33.0 Å². The Balaban J connectivity index is 1.68. The first-order valence-corrected chi connectivity index (χ1v) is 13.2. The molecule has 9 heteroatoms. The number of pyridine rings is 1. The molecule has 1 fully saturated rings. The zero-order valence-corrected chi connectivity index (χ0v) is 22.3. The van der Waals surface area contributed by atoms with Crippen LogP contribution in [0.4, 0.5) is 8.78 Å². The molecule has 1 aliphatic rings. The van der Waals surface area contributed by atoms with Gasteiger partial charge in [-0.1, -0.05) is 91.0 Å². The maximum Gasteiger partial charge on any atom is 0.332 e. The number of rotatable bonds is 6. The molecule has 2 aromatic heterocycles. The maximum atomic E-state index is 14.5. The molecule has 0 radical (unpaired) electrons. The zero-order chi connectivity index (χ0) is 27.2. The van der Waals surface area contributed by atoms with Gasteiger partial charge in [-0.15, -0.1) is 0 Å². The first-order valence-electron chi connectivity index (χ1n) is 12.4. The fourth-order valence-corrected chi connectivity index (χ4v) is 5.73. The summed E-state index contributed by atoms with van der Waals surface area (Å²) in [5.41, 5.74) is 1.61. The summed E-state index contributed by atoms with van der Waals surface area (Å²) in [7, 11) is 0. The molecular formula is C30H23BrF2N4O2. The van der Waals surface area contributed by atoms with Crippen molar-refractivity contribution in [2.24, 2.45) is 0 Å². The van der Waals surface area contributed by atoms with Crippen molar-refractivity contribution in [2.45, 2.75) is 18.0 Å². The third-order valence-corrected chi connectivity index (χ3v) is 7.57. The lowest BCUT2D eigenvalue weighted by atomic mass is 9.76. The molecule has 0 atom stereocenters. The van der Waals surface area contributed by atoms with Crippen LogP contribution in [0.2, 0.25) is 0 Å². The van der Waals surface area contributed by atoms with Crippen LogP contribution in [0.1, 0.15) is 16.7 Å². The van der Waals surface area contributed by atoms with Crippen molar-refractivity contribution in [2.75, 3.05) is 13.1 Å². The van der Waals surface area contributed by atoms with Gasteiger partial charge in [0.2, 0.25) is 5.91 Å². The molecule has 6 nitrogen and oxygen atoms in total. The minimum atomic E-state index is -2.90. The van der Waals surface area contributed by atoms with Gasteiger partial charge in [0.05, 0.1) is 18.6 Å². The van der Waals surface area contributed by atoms with Crippen LogP contribution >= 0.6 is 15.9 Å². The van der Waals surface area contributed by atoms with E-state index in [4.69, 9.17) is 0 Å². The Bertz CT molecular complexity index is 1620. The number of nitrogens with zero attached hydrogens (tertiary/aromatic N) is 4. The Kier molecular flexibility index (Phi) is 6.18. The van der Waals surface area contributed by atoms with Crippen molar-refractivity contribution in [1.29, 1.82) is 0 Å². The highest BCUT2D eigenvalue weighted by Gasteiger charge is 2.47. The smallest absolute Gasteiger partial charge is 0.329 e. The number of carbonyl (C=O) groups excluding carboxylic acids is 1. The van der Waals surface area contributed by atoms with Gasteiger partial charge in [-0.05, 0) is 38.7 Å². The van der Waals surface area contributed by atoms with E-state index in [1.807, 2.05) is 91.0 Å². The number of imidazole rings is 1. The minimum Gasteiger partial charge on any atom is -0.329 e. The summed E-state index contributed by atoms with van der Waals surface area (Å²) in [4.78, 5) is 33.3. The molecule has 0 saturated carbocycles. The lowest BCUT2D eigenvalue weighted by molar-refractivity contribution is -0.166. The molecule has 0 spiro atoms. The van der Waals surface area contributed by atoms with Crippen molar-refractivity contribution in [3.63, 3.8) is 0 Å². The average molecular weight is 589 g/mol. The van der Waals surface area contributed by atoms with Gasteiger partial charge in [-0.2, -0.15) is 0 Å². The number of likely N-dealkylation sites (tertiary alicyclic amines) is 1. The van der Waals surface area contributed by atoms with E-state index in [-0.39, 0.29) is 6.54 Å². The third kappa shape index (κ3) is 4.17. The van der Waals surface area contributed by atoms with Gasteiger partial charge in [0.15, 0.2) is 5.65 Å². The number of carbonyl (C=O) groups is 1. The van der Waals surface area contributed by atoms with Crippen LogP contribution in [0.3, 0.4) is 0 Å². The summed E-state index contributed by atoms with van der Waals surface area (Å²) in [5, 5.41) is 0. The predicted molar refractivity (Wildman–Crippen MR) is 148 cm³/mol. The number of benzene rings is 3. The summed E-state index contributed by atoms with van der Waals surface area (Å²) in [6, 6.07) is 30.7. The first kappa shape index (κ1) is 25.2. The molecule has 1 saturated heterocycles. The summed E-state index contributed by atoms with van der Waals surface area (Å²) in [6.45, 7) is -1.68. The number of hydrogen-bond acceptors (Lipinski definition) is 3. The van der Waals surface area contributed by atoms with Crippen LogP contribution < -0.4 is 5.69 Å². The lowest BCUT2D eigenvalue weighted by Gasteiger charge is -2.38. The molecule has 3 heterocycles. The molecule has 196 valence electrons. The fourth-order valence-electron chi connectivity index (χ4n) is 5.41. The van der Waals surface area contributed by atoms with Crippen LogP contribution in [-0.4, -0.2) is 43.9 Å². The highest BCUT2D eigenvalue weighted by Crippen LogP contribution is 2.41. The Morgan fingerprint density at radius 1 is 0.872 bits per heavy atom. The van der Waals surface area contributed by atoms with E-state index in [2.05, 4.69) is 20.9 Å². The van der Waals surface area contributed by atoms with Crippen molar-refractivity contribution in [3.05, 3.63) is 135 Å². The van der Waals surface area contributed by atoms with Gasteiger partial charge in [0.25, 0.3) is 5.92 Å². The van der Waals surface area contributed by atoms with Crippen molar-refractivity contribution < 1.29 is 13.6 Å². The molecule has 5 aromatic rings. The molecule has 1 aliphatic heterocycles. The van der Waals surface area contributed by atoms with Gasteiger partial charge in [-0.25, -0.2) is 18.6 Å². The second-order valence-electron chi connectivity index (χ2n) is 9.61. The SMILES string of the molecule is O=C(Cn1c(=O)n(C(c2ccccc2)(c2ccccc2)c2ccccc2)c2ncc(Br)cc21)N1CC(F)(F)C1. The number of hydrogen-bond donors (Lipinski definition) is 0. The van der Waals surface area contributed by atoms with Crippen LogP contribution in [0, 0.1) is 0 Å². The molecule has 0 bridgehead atoms. The topological polar surface area (TPSA) is 60.1 Å². The van der Waals surface area contributed by atoms with Gasteiger partial charge >= 0.3 is 5.69 Å². The van der Waals surface area contributed by atoms with E-state index in [9.17, 15) is 18.4 Å². The van der Waals surface area contributed by atoms with Crippen LogP contribution in [0.5, 0.6) is 0 Å². The van der Waals surface area contributed by atoms with Crippen molar-refractivity contribution in [1.82, 2.24) is 19.0 Å². The highest BCUT2D eigenvalue weighted by atomic mass is 79.9. The van der Waals surface area contributed by atoms with E-state index < -0.39 is 36.1 Å². The van der Waals surface area contributed by atoms with Crippen LogP contribution in [-0.2, 0) is 16.9 Å². The van der Waals surface area contributed by atoms with E-state index in [0.717, 1.165) is 21.6 Å². The molecule has 1 amide bonds. The summed E-state index contributed by atoms with van der Waals surface area (Å²) in [6.07, 6.45) is 1.60. The van der Waals surface area contributed by atoms with Crippen LogP contribution in [0.25, 0.3) is 11.2 Å². The molecule has 0 aliphatic carbocycles. The normalized spacial score (nSPS) is 14.8. The van der Waals surface area contributed by atoms with E-state index in [1.165, 1.54) is 4.57 Å². The minimum absolute atomic E-state index is 0.362. The summed E-state index contributed by atoms with van der Waals surface area (Å²) >= 11 is 3.44. The summed E-state index contributed by atoms with van der Waals surface area (Å²) in [5.74, 6) is -3.45. The lowest BCUT2D eigenvalue weighted by Crippen LogP contribution is -2.59. The first-order chi connectivity index (χ1) is 18.8. The van der Waals surface area contributed by atoms with Gasteiger partial charge in [-0.3, -0.25) is 13.9 Å². The predicted octanol–water partition coefficient (Wildman–Crippen LogP) is 5.28. The van der Waals surface area contributed by atoms with Crippen LogP contribution in [0.15, 0.2) is 113 Å². The van der Waals surface area contributed by atoms with Gasteiger partial charge in [0.1, 0.15) is 12.1 Å². The summed E-state index contributed by atoms with van der Waals surface area (Å²) < 4.78 is 30.6. The molecule has 39 heavy (non-hydrogen) atoms. The Morgan fingerprint density at radius 3 is 1.82 bits per heavy atom. The fraction of sp³-hybridized carbons (Fsp3) is 0.167. The number of amides is 1. The Morgan fingerprint density at radius 2 is 1.36 bits per heavy atom. The van der Waals surface area contributed by atoms with E-state index in [1.54, 1.807) is 16.8 Å². The number of fused-ring (bicyclic) bond motifs is 1. The molecule has 3 aromatic carbocycles. The van der Waals surface area contributed by atoms with Gasteiger partial charge in [0, 0.05) is 10.7 Å². The maximum absolute atomic E-state index is 14.5. The second-order valence-corrected chi connectivity index (χ2v) is 10.5. The molecule has 0 unspecified atom stereocenters. The van der Waals surface area contributed by atoms with E-state index >= 15 is 0 Å². The number of aromatic nitrogens is 3. The molecule has 0 N–H and O–H groups in total. The number of halogens is 3. The highest BCUT2D eigenvalue weighted by molar-refractivity contribution is 9.10. The second kappa shape index (κ2) is 9.57. The quantitative estimate of drug-likeness (QED) is 0.254. The third-order valence-electron chi connectivity index (χ3n) is 7.14. The number of alkyl halides is 2. The van der Waals surface area contributed by atoms with E-state index in [0.29, 0.717) is 15.6 Å². The zero-order valence-electron chi connectivity index (χ0n) is 20.7. The standard InChI is InChI=1S/C30H23BrF2N4O2/c31-24-16-25-27(34-17-24)37(28(39)36(25)18-26(38)35-19-29(32,33)20-35)30(21-10-4-1-5-11-21,22-12-6-2-7-13-22)23-14-8-3-9-15-23/h1-17H,18-20H2. The monoisotopic (exact) mass is 588 g/mol. The molecular weight excluding hydrogens is 566 g/mol. The Hall–Kier alpha value is -4.11. The largest absolute Gasteiger partial charge is 0.332 e. The van der Waals surface area contributed by atoms with Gasteiger partial charge < -0.3 is 4.90 Å². The average Bonchev–Trinajstić information content (AvgIpc) is 3.20. The Labute approximate surface area is 231 Å². The van der Waals surface area contributed by atoms with Crippen molar-refractivity contribution in [3.8, 4) is 0 Å².